The molecule has 3 rings (SSSR count). The lowest BCUT2D eigenvalue weighted by atomic mass is 10.0. The highest BCUT2D eigenvalue weighted by molar-refractivity contribution is 6.52. The van der Waals surface area contributed by atoms with Crippen molar-refractivity contribution in [1.82, 2.24) is 4.57 Å². The van der Waals surface area contributed by atoms with Crippen molar-refractivity contribution in [2.45, 2.75) is 25.8 Å². The summed E-state index contributed by atoms with van der Waals surface area (Å²) in [5.41, 5.74) is -2.97. The second-order valence-corrected chi connectivity index (χ2v) is 7.50. The summed E-state index contributed by atoms with van der Waals surface area (Å²) in [6.07, 6.45) is -8.60. The lowest BCUT2D eigenvalue weighted by Gasteiger charge is -2.15. The number of aromatic nitrogens is 1. The van der Waals surface area contributed by atoms with Gasteiger partial charge in [-0.25, -0.2) is 4.79 Å². The van der Waals surface area contributed by atoms with Gasteiger partial charge in [0.05, 0.1) is 22.8 Å². The first-order valence-corrected chi connectivity index (χ1v) is 10.1. The molecule has 4 nitrogen and oxygen atoms in total. The monoisotopic (exact) mass is 500 g/mol. The van der Waals surface area contributed by atoms with E-state index in [1.54, 1.807) is 30.3 Å². The topological polar surface area (TPSA) is 55.0 Å². The Kier molecular flexibility index (Phi) is 6.98. The van der Waals surface area contributed by atoms with Crippen LogP contribution in [-0.4, -0.2) is 17.1 Å². The fraction of sp³-hybridized carbons (Fsp3) is 0.217. The minimum absolute atomic E-state index is 0.00692. The third kappa shape index (κ3) is 5.20. The lowest BCUT2D eigenvalue weighted by molar-refractivity contribution is -0.143. The van der Waals surface area contributed by atoms with Gasteiger partial charge >= 0.3 is 18.3 Å². The molecular weight excluding hydrogens is 486 g/mol. The number of nitrogens with zero attached hydrogens (tertiary/aromatic N) is 2. The Bertz CT molecular complexity index is 1280. The van der Waals surface area contributed by atoms with Gasteiger partial charge in [-0.1, -0.05) is 29.8 Å². The standard InChI is InChI=1S/C23H15ClF6N2O2/c1-2-34-21(33)17(10-31)20(24)18-12-32(19-6-4-3-5-16(18)19)11-13-7-14(22(25,26)27)9-15(8-13)23(28,29)30/h3-9,12H,2,11H2,1H3/b20-17-. The summed E-state index contributed by atoms with van der Waals surface area (Å²) in [5.74, 6) is -0.959. The summed E-state index contributed by atoms with van der Waals surface area (Å²) in [5, 5.41) is 9.55. The molecule has 1 aromatic heterocycles. The fourth-order valence-corrected chi connectivity index (χ4v) is 3.65. The molecule has 0 N–H and O–H groups in total. The van der Waals surface area contributed by atoms with Crippen LogP contribution in [0.5, 0.6) is 0 Å². The van der Waals surface area contributed by atoms with E-state index in [0.29, 0.717) is 23.0 Å². The Hall–Kier alpha value is -3.45. The predicted molar refractivity (Wildman–Crippen MR) is 113 cm³/mol. The second kappa shape index (κ2) is 9.43. The smallest absolute Gasteiger partial charge is 0.416 e. The first-order chi connectivity index (χ1) is 15.9. The Morgan fingerprint density at radius 3 is 2.18 bits per heavy atom. The normalized spacial score (nSPS) is 12.9. The van der Waals surface area contributed by atoms with Crippen LogP contribution in [0.15, 0.2) is 54.2 Å². The summed E-state index contributed by atoms with van der Waals surface area (Å²) < 4.78 is 85.6. The Labute approximate surface area is 194 Å². The lowest BCUT2D eigenvalue weighted by Crippen LogP contribution is -2.12. The molecule has 0 unspecified atom stereocenters. The van der Waals surface area contributed by atoms with Crippen LogP contribution < -0.4 is 0 Å². The molecule has 0 spiro atoms. The average molecular weight is 501 g/mol. The molecule has 11 heteroatoms. The van der Waals surface area contributed by atoms with Gasteiger partial charge < -0.3 is 9.30 Å². The molecule has 0 bridgehead atoms. The summed E-state index contributed by atoms with van der Waals surface area (Å²) in [4.78, 5) is 12.1. The van der Waals surface area contributed by atoms with Gasteiger partial charge in [0.1, 0.15) is 6.07 Å². The molecule has 0 saturated heterocycles. The number of nitriles is 1. The molecule has 178 valence electrons. The van der Waals surface area contributed by atoms with Gasteiger partial charge in [-0.2, -0.15) is 31.6 Å². The molecule has 0 radical (unpaired) electrons. The summed E-state index contributed by atoms with van der Waals surface area (Å²) in [6.45, 7) is 1.17. The van der Waals surface area contributed by atoms with Gasteiger partial charge in [0, 0.05) is 29.2 Å². The maximum atomic E-state index is 13.2. The third-order valence-electron chi connectivity index (χ3n) is 4.84. The Morgan fingerprint density at radius 2 is 1.65 bits per heavy atom. The molecule has 0 fully saturated rings. The van der Waals surface area contributed by atoms with Crippen molar-refractivity contribution in [2.24, 2.45) is 0 Å². The number of hydrogen-bond acceptors (Lipinski definition) is 3. The van der Waals surface area contributed by atoms with E-state index in [-0.39, 0.29) is 35.4 Å². The van der Waals surface area contributed by atoms with Gasteiger partial charge in [0.2, 0.25) is 0 Å². The number of hydrogen-bond donors (Lipinski definition) is 0. The molecule has 0 aliphatic heterocycles. The summed E-state index contributed by atoms with van der Waals surface area (Å²) in [7, 11) is 0. The molecule has 3 aromatic rings. The van der Waals surface area contributed by atoms with Crippen LogP contribution in [-0.2, 0) is 28.4 Å². The molecule has 34 heavy (non-hydrogen) atoms. The summed E-state index contributed by atoms with van der Waals surface area (Å²) >= 11 is 6.31. The Balaban J connectivity index is 2.17. The van der Waals surface area contributed by atoms with Crippen molar-refractivity contribution in [1.29, 1.82) is 5.26 Å². The van der Waals surface area contributed by atoms with Crippen LogP contribution in [0.25, 0.3) is 15.9 Å². The SMILES string of the molecule is CCOC(=O)/C(C#N)=C(\Cl)c1cn(Cc2cc(C(F)(F)F)cc(C(F)(F)F)c2)c2ccccc12. The van der Waals surface area contributed by atoms with E-state index in [9.17, 15) is 36.4 Å². The van der Waals surface area contributed by atoms with Crippen molar-refractivity contribution < 1.29 is 35.9 Å². The summed E-state index contributed by atoms with van der Waals surface area (Å²) in [6, 6.07) is 9.42. The van der Waals surface area contributed by atoms with Crippen LogP contribution in [0.3, 0.4) is 0 Å². The maximum Gasteiger partial charge on any atom is 0.416 e. The first kappa shape index (κ1) is 25.2. The number of halogens is 7. The van der Waals surface area contributed by atoms with Crippen molar-refractivity contribution in [2.75, 3.05) is 6.61 Å². The van der Waals surface area contributed by atoms with Crippen molar-refractivity contribution in [3.8, 4) is 6.07 Å². The van der Waals surface area contributed by atoms with E-state index in [0.717, 1.165) is 0 Å². The van der Waals surface area contributed by atoms with E-state index in [2.05, 4.69) is 0 Å². The van der Waals surface area contributed by atoms with E-state index >= 15 is 0 Å². The minimum atomic E-state index is -4.98. The van der Waals surface area contributed by atoms with E-state index in [4.69, 9.17) is 16.3 Å². The second-order valence-electron chi connectivity index (χ2n) is 7.12. The highest BCUT2D eigenvalue weighted by Crippen LogP contribution is 2.37. The van der Waals surface area contributed by atoms with Gasteiger partial charge in [0.15, 0.2) is 5.57 Å². The van der Waals surface area contributed by atoms with Crippen molar-refractivity contribution in [3.05, 3.63) is 76.5 Å². The molecule has 1 heterocycles. The number of para-hydroxylation sites is 1. The molecule has 0 aliphatic carbocycles. The minimum Gasteiger partial charge on any atom is -0.462 e. The first-order valence-electron chi connectivity index (χ1n) is 9.70. The van der Waals surface area contributed by atoms with Crippen LogP contribution in [0.1, 0.15) is 29.2 Å². The van der Waals surface area contributed by atoms with Crippen molar-refractivity contribution >= 4 is 33.5 Å². The van der Waals surface area contributed by atoms with Crippen LogP contribution in [0.4, 0.5) is 26.3 Å². The number of ether oxygens (including phenoxy) is 1. The highest BCUT2D eigenvalue weighted by Gasteiger charge is 2.37. The number of alkyl halides is 6. The molecule has 0 saturated carbocycles. The quantitative estimate of drug-likeness (QED) is 0.168. The van der Waals surface area contributed by atoms with Gasteiger partial charge in [-0.3, -0.25) is 0 Å². The molecular formula is C23H15ClF6N2O2. The number of carbonyl (C=O) groups excluding carboxylic acids is 1. The van der Waals surface area contributed by atoms with Gasteiger partial charge in [-0.05, 0) is 36.8 Å². The van der Waals surface area contributed by atoms with Crippen LogP contribution in [0, 0.1) is 11.3 Å². The largest absolute Gasteiger partial charge is 0.462 e. The molecule has 2 aromatic carbocycles. The van der Waals surface area contributed by atoms with Gasteiger partial charge in [0.25, 0.3) is 0 Å². The van der Waals surface area contributed by atoms with Gasteiger partial charge in [-0.15, -0.1) is 0 Å². The number of carbonyl (C=O) groups is 1. The number of benzene rings is 2. The zero-order valence-electron chi connectivity index (χ0n) is 17.4. The zero-order valence-corrected chi connectivity index (χ0v) is 18.1. The van der Waals surface area contributed by atoms with Crippen LogP contribution >= 0.6 is 11.6 Å². The maximum absolute atomic E-state index is 13.2. The molecule has 0 amide bonds. The van der Waals surface area contributed by atoms with Crippen molar-refractivity contribution in [3.63, 3.8) is 0 Å². The number of fused-ring (bicyclic) bond motifs is 1. The zero-order chi connectivity index (χ0) is 25.3. The highest BCUT2D eigenvalue weighted by atomic mass is 35.5. The van der Waals surface area contributed by atoms with E-state index in [1.165, 1.54) is 17.7 Å². The average Bonchev–Trinajstić information content (AvgIpc) is 3.11. The number of rotatable bonds is 5. The van der Waals surface area contributed by atoms with E-state index < -0.39 is 35.0 Å². The number of esters is 1. The third-order valence-corrected chi connectivity index (χ3v) is 5.23. The van der Waals surface area contributed by atoms with E-state index in [1.807, 2.05) is 0 Å². The molecule has 0 atom stereocenters. The fourth-order valence-electron chi connectivity index (χ4n) is 3.38. The predicted octanol–water partition coefficient (Wildman–Crippen LogP) is 6.76. The Morgan fingerprint density at radius 1 is 1.06 bits per heavy atom. The molecule has 0 aliphatic rings. The van der Waals surface area contributed by atoms with Crippen LogP contribution in [0.2, 0.25) is 0 Å².